The Labute approximate surface area is 81.2 Å². The molecule has 0 spiro atoms. The number of hydrogen-bond acceptors (Lipinski definition) is 3. The zero-order chi connectivity index (χ0) is 10.2. The highest BCUT2D eigenvalue weighted by Gasteiger charge is 2.56. The van der Waals surface area contributed by atoms with Gasteiger partial charge >= 0.3 is 6.16 Å². The van der Waals surface area contributed by atoms with Crippen molar-refractivity contribution in [3.63, 3.8) is 0 Å². The number of rotatable bonds is 2. The van der Waals surface area contributed by atoms with E-state index in [1.54, 1.807) is 0 Å². The molecule has 3 nitrogen and oxygen atoms in total. The Kier molecular flexibility index (Phi) is 2.75. The lowest BCUT2D eigenvalue weighted by Gasteiger charge is -2.15. The van der Waals surface area contributed by atoms with Crippen molar-refractivity contribution >= 4 is 22.1 Å². The molecule has 1 aliphatic carbocycles. The van der Waals surface area contributed by atoms with Crippen LogP contribution in [-0.4, -0.2) is 35.3 Å². The maximum atomic E-state index is 10.9. The highest BCUT2D eigenvalue weighted by atomic mass is 28.3. The second kappa shape index (κ2) is 3.36. The third-order valence-electron chi connectivity index (χ3n) is 2.70. The first-order valence-electron chi connectivity index (χ1n) is 4.62. The van der Waals surface area contributed by atoms with Gasteiger partial charge in [0.25, 0.3) is 0 Å². The quantitative estimate of drug-likeness (QED) is 0.497. The van der Waals surface area contributed by atoms with Crippen LogP contribution in [0.25, 0.3) is 0 Å². The van der Waals surface area contributed by atoms with Crippen LogP contribution in [0.15, 0.2) is 0 Å². The third kappa shape index (κ3) is 2.27. The van der Waals surface area contributed by atoms with Gasteiger partial charge in [0.15, 0.2) is 0 Å². The minimum atomic E-state index is -1.16. The van der Waals surface area contributed by atoms with E-state index in [1.807, 2.05) is 0 Å². The summed E-state index contributed by atoms with van der Waals surface area (Å²) in [6.07, 6.45) is -0.434. The summed E-state index contributed by atoms with van der Waals surface area (Å²) < 4.78 is 9.60. The molecule has 0 aromatic carbocycles. The zero-order valence-electron chi connectivity index (χ0n) is 8.96. The predicted molar refractivity (Wildman–Crippen MR) is 56.7 cm³/mol. The van der Waals surface area contributed by atoms with Crippen molar-refractivity contribution in [3.8, 4) is 0 Å². The minimum absolute atomic E-state index is 0.110. The molecular formula is C8H17BO3Si. The molecule has 0 radical (unpaired) electrons. The molecule has 2 unspecified atom stereocenters. The summed E-state index contributed by atoms with van der Waals surface area (Å²) in [5.74, 6) is 0.519. The number of ether oxygens (including phenoxy) is 2. The first-order valence-corrected chi connectivity index (χ1v) is 8.20. The Morgan fingerprint density at radius 2 is 1.92 bits per heavy atom. The lowest BCUT2D eigenvalue weighted by molar-refractivity contribution is 0.0666. The summed E-state index contributed by atoms with van der Waals surface area (Å²) in [5.41, 5.74) is 0.603. The summed E-state index contributed by atoms with van der Waals surface area (Å²) in [4.78, 5) is 10.9. The van der Waals surface area contributed by atoms with Gasteiger partial charge in [0.2, 0.25) is 0 Å². The Bertz CT molecular complexity index is 214. The highest BCUT2D eigenvalue weighted by Crippen LogP contribution is 2.56. The van der Waals surface area contributed by atoms with Gasteiger partial charge in [-0.15, -0.1) is 0 Å². The molecule has 0 aromatic rings. The van der Waals surface area contributed by atoms with Gasteiger partial charge in [-0.2, -0.15) is 0 Å². The average molecular weight is 200 g/mol. The molecule has 0 amide bonds. The van der Waals surface area contributed by atoms with Crippen molar-refractivity contribution in [2.24, 2.45) is 0 Å². The smallest absolute Gasteiger partial charge is 0.438 e. The number of hydrogen-bond donors (Lipinski definition) is 0. The van der Waals surface area contributed by atoms with Gasteiger partial charge in [0.05, 0.1) is 15.2 Å². The maximum Gasteiger partial charge on any atom is 0.508 e. The summed E-state index contributed by atoms with van der Waals surface area (Å²) in [6, 6.07) is 0. The van der Waals surface area contributed by atoms with E-state index in [0.29, 0.717) is 11.4 Å². The Morgan fingerprint density at radius 1 is 1.38 bits per heavy atom. The van der Waals surface area contributed by atoms with Gasteiger partial charge in [-0.1, -0.05) is 19.6 Å². The molecule has 0 aliphatic heterocycles. The predicted octanol–water partition coefficient (Wildman–Crippen LogP) is 1.28. The Balaban J connectivity index is 2.45. The third-order valence-corrected chi connectivity index (χ3v) is 5.55. The van der Waals surface area contributed by atoms with Crippen LogP contribution in [0.3, 0.4) is 0 Å². The van der Waals surface area contributed by atoms with Crippen LogP contribution in [0, 0.1) is 0 Å². The summed E-state index contributed by atoms with van der Waals surface area (Å²) in [5, 5.41) is 0. The summed E-state index contributed by atoms with van der Waals surface area (Å²) >= 11 is 0. The van der Waals surface area contributed by atoms with Crippen molar-refractivity contribution < 1.29 is 14.3 Å². The molecule has 3 atom stereocenters. The van der Waals surface area contributed by atoms with E-state index in [0.717, 1.165) is 0 Å². The highest BCUT2D eigenvalue weighted by molar-refractivity contribution is 6.79. The first-order chi connectivity index (χ1) is 5.88. The Morgan fingerprint density at radius 3 is 2.23 bits per heavy atom. The van der Waals surface area contributed by atoms with Crippen molar-refractivity contribution in [1.29, 1.82) is 0 Å². The van der Waals surface area contributed by atoms with Crippen molar-refractivity contribution in [2.45, 2.75) is 37.1 Å². The van der Waals surface area contributed by atoms with Gasteiger partial charge in [-0.25, -0.2) is 4.79 Å². The van der Waals surface area contributed by atoms with Gasteiger partial charge in [-0.05, 0) is 11.4 Å². The van der Waals surface area contributed by atoms with Gasteiger partial charge in [0.1, 0.15) is 14.0 Å². The van der Waals surface area contributed by atoms with Crippen LogP contribution in [0.1, 0.15) is 0 Å². The van der Waals surface area contributed by atoms with E-state index >= 15 is 0 Å². The molecule has 74 valence electrons. The molecular weight excluding hydrogens is 183 g/mol. The van der Waals surface area contributed by atoms with Crippen molar-refractivity contribution in [2.75, 3.05) is 7.11 Å². The lowest BCUT2D eigenvalue weighted by Crippen LogP contribution is -2.23. The van der Waals surface area contributed by atoms with Crippen molar-refractivity contribution in [3.05, 3.63) is 0 Å². The van der Waals surface area contributed by atoms with Crippen LogP contribution < -0.4 is 0 Å². The topological polar surface area (TPSA) is 35.5 Å². The van der Waals surface area contributed by atoms with Crippen LogP contribution in [0.2, 0.25) is 31.0 Å². The zero-order valence-corrected chi connectivity index (χ0v) is 9.96. The number of carbonyl (C=O) groups is 1. The molecule has 13 heavy (non-hydrogen) atoms. The first kappa shape index (κ1) is 10.6. The van der Waals surface area contributed by atoms with Crippen molar-refractivity contribution in [1.82, 2.24) is 0 Å². The standard InChI is InChI=1S/C8H17BO3Si/c1-11-8(10)12-6-5(9)7(6)13(2,3)4/h5-7H,9H2,1-4H3/t5-,6?,7?/m0/s1. The summed E-state index contributed by atoms with van der Waals surface area (Å²) in [7, 11) is 2.32. The second-order valence-corrected chi connectivity index (χ2v) is 10.2. The monoisotopic (exact) mass is 200 g/mol. The van der Waals surface area contributed by atoms with E-state index in [4.69, 9.17) is 4.74 Å². The Hall–Kier alpha value is -0.448. The molecule has 1 aliphatic rings. The van der Waals surface area contributed by atoms with E-state index in [-0.39, 0.29) is 6.10 Å². The van der Waals surface area contributed by atoms with E-state index < -0.39 is 14.2 Å². The SMILES string of the molecule is B[C@H]1C(OC(=O)OC)C1[Si](C)(C)C. The molecule has 1 rings (SSSR count). The minimum Gasteiger partial charge on any atom is -0.438 e. The second-order valence-electron chi connectivity index (χ2n) is 4.79. The molecule has 0 heterocycles. The molecule has 1 saturated carbocycles. The van der Waals surface area contributed by atoms with Crippen LogP contribution >= 0.6 is 0 Å². The van der Waals surface area contributed by atoms with E-state index in [2.05, 4.69) is 32.2 Å². The largest absolute Gasteiger partial charge is 0.508 e. The van der Waals surface area contributed by atoms with E-state index in [9.17, 15) is 4.79 Å². The lowest BCUT2D eigenvalue weighted by atomic mass is 10.0. The fraction of sp³-hybridized carbons (Fsp3) is 0.875. The van der Waals surface area contributed by atoms with Crippen LogP contribution in [-0.2, 0) is 9.47 Å². The molecule has 0 aromatic heterocycles. The van der Waals surface area contributed by atoms with Gasteiger partial charge < -0.3 is 9.47 Å². The summed E-state index contributed by atoms with van der Waals surface area (Å²) in [6.45, 7) is 6.90. The fourth-order valence-electron chi connectivity index (χ4n) is 2.05. The number of methoxy groups -OCH3 is 1. The molecule has 0 bridgehead atoms. The molecule has 0 saturated heterocycles. The molecule has 0 N–H and O–H groups in total. The maximum absolute atomic E-state index is 10.9. The van der Waals surface area contributed by atoms with Gasteiger partial charge in [0, 0.05) is 0 Å². The number of carbonyl (C=O) groups excluding carboxylic acids is 1. The average Bonchev–Trinajstić information content (AvgIpc) is 2.60. The molecule has 1 fully saturated rings. The fourth-order valence-corrected chi connectivity index (χ4v) is 5.06. The van der Waals surface area contributed by atoms with Crippen LogP contribution in [0.5, 0.6) is 0 Å². The van der Waals surface area contributed by atoms with Gasteiger partial charge in [-0.3, -0.25) is 0 Å². The van der Waals surface area contributed by atoms with Crippen LogP contribution in [0.4, 0.5) is 4.79 Å². The molecule has 5 heteroatoms. The van der Waals surface area contributed by atoms with E-state index in [1.165, 1.54) is 7.11 Å². The normalized spacial score (nSPS) is 32.5.